The van der Waals surface area contributed by atoms with Crippen LogP contribution in [-0.2, 0) is 9.59 Å². The van der Waals surface area contributed by atoms with Crippen LogP contribution < -0.4 is 10.1 Å². The van der Waals surface area contributed by atoms with E-state index in [1.165, 1.54) is 12.1 Å². The molecule has 2 atom stereocenters. The summed E-state index contributed by atoms with van der Waals surface area (Å²) < 4.78 is 19.3. The number of carbonyl (C=O) groups is 2. The van der Waals surface area contributed by atoms with Gasteiger partial charge in [0.05, 0.1) is 12.3 Å². The molecular formula is C21H29FN2O3. The van der Waals surface area contributed by atoms with E-state index in [-0.39, 0.29) is 23.7 Å². The number of rotatable bonds is 4. The molecule has 2 amide bonds. The second-order valence-corrected chi connectivity index (χ2v) is 7.64. The van der Waals surface area contributed by atoms with Gasteiger partial charge in [-0.3, -0.25) is 9.59 Å². The molecule has 1 aromatic rings. The summed E-state index contributed by atoms with van der Waals surface area (Å²) in [5, 5.41) is 2.79. The maximum Gasteiger partial charge on any atom is 0.224 e. The van der Waals surface area contributed by atoms with Gasteiger partial charge in [-0.15, -0.1) is 0 Å². The molecule has 0 bridgehead atoms. The van der Waals surface area contributed by atoms with Crippen molar-refractivity contribution in [2.45, 2.75) is 51.9 Å². The van der Waals surface area contributed by atoms with Crippen LogP contribution >= 0.6 is 0 Å². The van der Waals surface area contributed by atoms with Gasteiger partial charge >= 0.3 is 0 Å². The number of ether oxygens (including phenoxy) is 1. The minimum Gasteiger partial charge on any atom is -0.491 e. The fraction of sp³-hybridized carbons (Fsp3) is 0.619. The predicted octanol–water partition coefficient (Wildman–Crippen LogP) is 3.98. The van der Waals surface area contributed by atoms with Crippen LogP contribution in [0.2, 0.25) is 0 Å². The van der Waals surface area contributed by atoms with E-state index in [9.17, 15) is 14.0 Å². The zero-order valence-corrected chi connectivity index (χ0v) is 16.0. The fourth-order valence-corrected chi connectivity index (χ4v) is 4.07. The number of nitrogens with zero attached hydrogens (tertiary/aromatic N) is 1. The lowest BCUT2D eigenvalue weighted by molar-refractivity contribution is -0.134. The Bertz CT molecular complexity index is 679. The van der Waals surface area contributed by atoms with Crippen LogP contribution in [0.5, 0.6) is 5.75 Å². The topological polar surface area (TPSA) is 58.6 Å². The van der Waals surface area contributed by atoms with E-state index in [0.29, 0.717) is 44.0 Å². The first-order valence-electron chi connectivity index (χ1n) is 10.1. The Morgan fingerprint density at radius 3 is 2.96 bits per heavy atom. The average molecular weight is 376 g/mol. The Labute approximate surface area is 160 Å². The average Bonchev–Trinajstić information content (AvgIpc) is 2.64. The summed E-state index contributed by atoms with van der Waals surface area (Å²) in [5.74, 6) is 0.675. The summed E-state index contributed by atoms with van der Waals surface area (Å²) in [4.78, 5) is 26.9. The lowest BCUT2D eigenvalue weighted by atomic mass is 9.81. The zero-order valence-electron chi connectivity index (χ0n) is 16.0. The van der Waals surface area contributed by atoms with E-state index in [4.69, 9.17) is 4.74 Å². The van der Waals surface area contributed by atoms with E-state index >= 15 is 0 Å². The highest BCUT2D eigenvalue weighted by Gasteiger charge is 2.33. The van der Waals surface area contributed by atoms with Crippen molar-refractivity contribution in [2.75, 3.05) is 25.0 Å². The van der Waals surface area contributed by atoms with Gasteiger partial charge in [0.25, 0.3) is 0 Å². The third-order valence-electron chi connectivity index (χ3n) is 5.65. The number of benzene rings is 1. The van der Waals surface area contributed by atoms with Gasteiger partial charge in [-0.05, 0) is 43.2 Å². The molecule has 0 unspecified atom stereocenters. The van der Waals surface area contributed by atoms with Crippen molar-refractivity contribution < 1.29 is 18.7 Å². The molecule has 3 rings (SSSR count). The van der Waals surface area contributed by atoms with Gasteiger partial charge in [-0.2, -0.15) is 0 Å². The maximum absolute atomic E-state index is 13.5. The smallest absolute Gasteiger partial charge is 0.224 e. The number of hydrogen-bond donors (Lipinski definition) is 1. The summed E-state index contributed by atoms with van der Waals surface area (Å²) in [6, 6.07) is 4.18. The quantitative estimate of drug-likeness (QED) is 0.809. The largest absolute Gasteiger partial charge is 0.491 e. The van der Waals surface area contributed by atoms with Crippen molar-refractivity contribution in [3.63, 3.8) is 0 Å². The van der Waals surface area contributed by atoms with Gasteiger partial charge in [0.15, 0.2) is 0 Å². The van der Waals surface area contributed by atoms with Gasteiger partial charge in [0.1, 0.15) is 11.6 Å². The van der Waals surface area contributed by atoms with Crippen LogP contribution in [0.1, 0.15) is 51.9 Å². The number of piperidine rings is 1. The Kier molecular flexibility index (Phi) is 6.69. The number of hydrogen-bond acceptors (Lipinski definition) is 3. The molecule has 148 valence electrons. The highest BCUT2D eigenvalue weighted by Crippen LogP contribution is 2.33. The van der Waals surface area contributed by atoms with Crippen molar-refractivity contribution in [2.24, 2.45) is 11.8 Å². The van der Waals surface area contributed by atoms with Crippen LogP contribution in [0.3, 0.4) is 0 Å². The Morgan fingerprint density at radius 1 is 1.30 bits per heavy atom. The molecule has 1 N–H and O–H groups in total. The minimum absolute atomic E-state index is 0.120. The summed E-state index contributed by atoms with van der Waals surface area (Å²) in [7, 11) is 0. The lowest BCUT2D eigenvalue weighted by Crippen LogP contribution is -2.45. The molecule has 0 radical (unpaired) electrons. The number of likely N-dealkylation sites (tertiary alicyclic amines) is 1. The monoisotopic (exact) mass is 376 g/mol. The molecule has 1 saturated heterocycles. The second-order valence-electron chi connectivity index (χ2n) is 7.64. The van der Waals surface area contributed by atoms with Crippen molar-refractivity contribution in [1.29, 1.82) is 0 Å². The Hall–Kier alpha value is -2.11. The Balaban J connectivity index is 1.65. The molecule has 0 saturated carbocycles. The number of anilines is 1. The zero-order chi connectivity index (χ0) is 19.2. The molecule has 6 heteroatoms. The van der Waals surface area contributed by atoms with Crippen LogP contribution in [0.15, 0.2) is 18.2 Å². The molecule has 2 heterocycles. The van der Waals surface area contributed by atoms with Gasteiger partial charge < -0.3 is 15.0 Å². The number of halogens is 1. The molecule has 2 aliphatic heterocycles. The molecule has 1 fully saturated rings. The van der Waals surface area contributed by atoms with Crippen molar-refractivity contribution in [3.05, 3.63) is 24.0 Å². The highest BCUT2D eigenvalue weighted by atomic mass is 19.1. The van der Waals surface area contributed by atoms with Crippen LogP contribution in [-0.4, -0.2) is 36.4 Å². The van der Waals surface area contributed by atoms with Crippen molar-refractivity contribution in [1.82, 2.24) is 4.90 Å². The first kappa shape index (κ1) is 19.6. The molecule has 0 aromatic heterocycles. The van der Waals surface area contributed by atoms with Crippen molar-refractivity contribution in [3.8, 4) is 5.75 Å². The summed E-state index contributed by atoms with van der Waals surface area (Å²) >= 11 is 0. The van der Waals surface area contributed by atoms with E-state index in [2.05, 4.69) is 12.2 Å². The van der Waals surface area contributed by atoms with Crippen molar-refractivity contribution >= 4 is 17.5 Å². The summed E-state index contributed by atoms with van der Waals surface area (Å²) in [6.07, 6.45) is 5.76. The van der Waals surface area contributed by atoms with Crippen LogP contribution in [0, 0.1) is 17.7 Å². The third kappa shape index (κ3) is 5.21. The number of carbonyl (C=O) groups excluding carboxylic acids is 2. The predicted molar refractivity (Wildman–Crippen MR) is 102 cm³/mol. The molecule has 0 spiro atoms. The minimum atomic E-state index is -0.400. The first-order chi connectivity index (χ1) is 13.1. The summed E-state index contributed by atoms with van der Waals surface area (Å²) in [5.41, 5.74) is 0.391. The number of nitrogens with one attached hydrogen (secondary N) is 1. The molecule has 2 aliphatic rings. The van der Waals surface area contributed by atoms with Gasteiger partial charge in [0, 0.05) is 32.0 Å². The van der Waals surface area contributed by atoms with E-state index in [1.807, 2.05) is 4.90 Å². The molecule has 1 aromatic carbocycles. The number of amides is 2. The molecule has 27 heavy (non-hydrogen) atoms. The second kappa shape index (κ2) is 9.20. The van der Waals surface area contributed by atoms with E-state index in [0.717, 1.165) is 32.1 Å². The molecular weight excluding hydrogens is 347 g/mol. The fourth-order valence-electron chi connectivity index (χ4n) is 4.07. The van der Waals surface area contributed by atoms with Gasteiger partial charge in [-0.1, -0.05) is 19.8 Å². The molecule has 0 aliphatic carbocycles. The normalized spacial score (nSPS) is 22.9. The standard InChI is InChI=1S/C21H29FN2O3/c1-2-3-4-5-21(26)24-10-8-15-12-20(25)23-18-13-17(22)6-7-19(18)27-11-9-16(15)14-24/h6-7,13,15-16H,2-5,8-12,14H2,1H3,(H,23,25)/t15-,16-/m0/s1. The van der Waals surface area contributed by atoms with Gasteiger partial charge in [0.2, 0.25) is 11.8 Å². The molecule has 5 nitrogen and oxygen atoms in total. The van der Waals surface area contributed by atoms with E-state index in [1.54, 1.807) is 6.07 Å². The van der Waals surface area contributed by atoms with Crippen LogP contribution in [0.4, 0.5) is 10.1 Å². The maximum atomic E-state index is 13.5. The van der Waals surface area contributed by atoms with Crippen LogP contribution in [0.25, 0.3) is 0 Å². The highest BCUT2D eigenvalue weighted by molar-refractivity contribution is 5.92. The first-order valence-corrected chi connectivity index (χ1v) is 10.1. The number of fused-ring (bicyclic) bond motifs is 2. The van der Waals surface area contributed by atoms with E-state index < -0.39 is 5.82 Å². The SMILES string of the molecule is CCCCCC(=O)N1CC[C@H]2CC(=O)Nc3cc(F)ccc3OCC[C@H]2C1. The lowest BCUT2D eigenvalue weighted by Gasteiger charge is -2.39. The Morgan fingerprint density at radius 2 is 2.15 bits per heavy atom. The summed E-state index contributed by atoms with van der Waals surface area (Å²) in [6.45, 7) is 4.04. The third-order valence-corrected chi connectivity index (χ3v) is 5.65. The van der Waals surface area contributed by atoms with Gasteiger partial charge in [-0.25, -0.2) is 4.39 Å². The number of unbranched alkanes of at least 4 members (excludes halogenated alkanes) is 2.